The van der Waals surface area contributed by atoms with Gasteiger partial charge in [0.2, 0.25) is 0 Å². The average Bonchev–Trinajstić information content (AvgIpc) is 2.23. The molecule has 92 valence electrons. The van der Waals surface area contributed by atoms with Crippen molar-refractivity contribution in [3.05, 3.63) is 16.5 Å². The topological polar surface area (TPSA) is 75.1 Å². The molecular weight excluding hydrogens is 242 g/mol. The Morgan fingerprint density at radius 3 is 2.76 bits per heavy atom. The SMILES string of the molecule is Cc1nc(Cl)c(C=O)c(NCC2(O)CCC2)n1. The highest BCUT2D eigenvalue weighted by Gasteiger charge is 2.34. The molecule has 0 amide bonds. The number of hydrogen-bond acceptors (Lipinski definition) is 5. The predicted molar refractivity (Wildman–Crippen MR) is 64.5 cm³/mol. The van der Waals surface area contributed by atoms with Crippen molar-refractivity contribution in [3.63, 3.8) is 0 Å². The molecule has 0 saturated heterocycles. The van der Waals surface area contributed by atoms with Crippen LogP contribution in [0.3, 0.4) is 0 Å². The van der Waals surface area contributed by atoms with E-state index in [0.29, 0.717) is 24.5 Å². The van der Waals surface area contributed by atoms with Gasteiger partial charge in [0.25, 0.3) is 0 Å². The summed E-state index contributed by atoms with van der Waals surface area (Å²) in [5.74, 6) is 0.876. The lowest BCUT2D eigenvalue weighted by molar-refractivity contribution is -0.0202. The van der Waals surface area contributed by atoms with E-state index in [1.165, 1.54) is 0 Å². The van der Waals surface area contributed by atoms with Crippen molar-refractivity contribution in [1.29, 1.82) is 0 Å². The van der Waals surface area contributed by atoms with Crippen LogP contribution in [0.5, 0.6) is 0 Å². The van der Waals surface area contributed by atoms with E-state index >= 15 is 0 Å². The average molecular weight is 256 g/mol. The number of aryl methyl sites for hydroxylation is 1. The molecule has 0 aromatic carbocycles. The van der Waals surface area contributed by atoms with Gasteiger partial charge in [0.15, 0.2) is 6.29 Å². The Kier molecular flexibility index (Phi) is 3.31. The fourth-order valence-corrected chi connectivity index (χ4v) is 2.05. The maximum Gasteiger partial charge on any atom is 0.156 e. The third kappa shape index (κ3) is 2.56. The molecule has 1 saturated carbocycles. The number of nitrogens with zero attached hydrogens (tertiary/aromatic N) is 2. The van der Waals surface area contributed by atoms with Crippen LogP contribution in [0, 0.1) is 6.92 Å². The van der Waals surface area contributed by atoms with Crippen LogP contribution in [0.1, 0.15) is 35.4 Å². The van der Waals surface area contributed by atoms with Crippen LogP contribution in [-0.2, 0) is 0 Å². The molecule has 0 aliphatic heterocycles. The van der Waals surface area contributed by atoms with Gasteiger partial charge in [-0.2, -0.15) is 0 Å². The molecular formula is C11H14ClN3O2. The quantitative estimate of drug-likeness (QED) is 0.631. The number of rotatable bonds is 4. The second-order valence-corrected chi connectivity index (χ2v) is 4.73. The predicted octanol–water partition coefficient (Wildman–Crippen LogP) is 1.58. The number of aldehydes is 1. The summed E-state index contributed by atoms with van der Waals surface area (Å²) < 4.78 is 0. The molecule has 5 nitrogen and oxygen atoms in total. The highest BCUT2D eigenvalue weighted by atomic mass is 35.5. The van der Waals surface area contributed by atoms with Crippen LogP contribution in [0.15, 0.2) is 0 Å². The van der Waals surface area contributed by atoms with Gasteiger partial charge in [0.05, 0.1) is 11.2 Å². The van der Waals surface area contributed by atoms with Crippen molar-refractivity contribution >= 4 is 23.7 Å². The van der Waals surface area contributed by atoms with Gasteiger partial charge in [0.1, 0.15) is 16.8 Å². The molecule has 0 atom stereocenters. The largest absolute Gasteiger partial charge is 0.388 e. The monoisotopic (exact) mass is 255 g/mol. The van der Waals surface area contributed by atoms with Crippen LogP contribution in [-0.4, -0.2) is 33.5 Å². The minimum absolute atomic E-state index is 0.135. The van der Waals surface area contributed by atoms with Crippen molar-refractivity contribution in [2.75, 3.05) is 11.9 Å². The summed E-state index contributed by atoms with van der Waals surface area (Å²) in [4.78, 5) is 18.9. The zero-order valence-corrected chi connectivity index (χ0v) is 10.3. The molecule has 2 rings (SSSR count). The fourth-order valence-electron chi connectivity index (χ4n) is 1.80. The summed E-state index contributed by atoms with van der Waals surface area (Å²) in [5, 5.41) is 13.1. The lowest BCUT2D eigenvalue weighted by atomic mass is 9.80. The molecule has 17 heavy (non-hydrogen) atoms. The Hall–Kier alpha value is -1.20. The number of halogens is 1. The summed E-state index contributed by atoms with van der Waals surface area (Å²) >= 11 is 5.85. The molecule has 1 aromatic rings. The van der Waals surface area contributed by atoms with Crippen LogP contribution in [0.25, 0.3) is 0 Å². The first-order valence-corrected chi connectivity index (χ1v) is 5.87. The zero-order chi connectivity index (χ0) is 12.5. The third-order valence-electron chi connectivity index (χ3n) is 3.00. The van der Waals surface area contributed by atoms with Crippen molar-refractivity contribution in [2.45, 2.75) is 31.8 Å². The molecule has 1 heterocycles. The van der Waals surface area contributed by atoms with E-state index in [4.69, 9.17) is 11.6 Å². The first-order chi connectivity index (χ1) is 8.04. The normalized spacial score (nSPS) is 17.4. The van der Waals surface area contributed by atoms with Crippen molar-refractivity contribution in [2.24, 2.45) is 0 Å². The summed E-state index contributed by atoms with van der Waals surface area (Å²) in [6, 6.07) is 0. The van der Waals surface area contributed by atoms with Crippen LogP contribution >= 0.6 is 11.6 Å². The second-order valence-electron chi connectivity index (χ2n) is 4.37. The molecule has 0 spiro atoms. The standard InChI is InChI=1S/C11H14ClN3O2/c1-7-14-9(12)8(5-16)10(15-7)13-6-11(17)3-2-4-11/h5,17H,2-4,6H2,1H3,(H,13,14,15). The van der Waals surface area contributed by atoms with Crippen LogP contribution in [0.4, 0.5) is 5.82 Å². The van der Waals surface area contributed by atoms with E-state index in [2.05, 4.69) is 15.3 Å². The lowest BCUT2D eigenvalue weighted by Crippen LogP contribution is -2.43. The van der Waals surface area contributed by atoms with E-state index in [0.717, 1.165) is 19.3 Å². The van der Waals surface area contributed by atoms with Crippen LogP contribution < -0.4 is 5.32 Å². The molecule has 1 fully saturated rings. The molecule has 1 aliphatic carbocycles. The van der Waals surface area contributed by atoms with E-state index in [-0.39, 0.29) is 10.7 Å². The van der Waals surface area contributed by atoms with Crippen molar-refractivity contribution in [3.8, 4) is 0 Å². The fraction of sp³-hybridized carbons (Fsp3) is 0.545. The Morgan fingerprint density at radius 1 is 1.53 bits per heavy atom. The third-order valence-corrected chi connectivity index (χ3v) is 3.29. The summed E-state index contributed by atoms with van der Waals surface area (Å²) in [6.07, 6.45) is 3.19. The number of nitrogens with one attached hydrogen (secondary N) is 1. The van der Waals surface area contributed by atoms with E-state index in [1.807, 2.05) is 0 Å². The highest BCUT2D eigenvalue weighted by Crippen LogP contribution is 2.32. The van der Waals surface area contributed by atoms with Crippen molar-refractivity contribution < 1.29 is 9.90 Å². The maximum atomic E-state index is 10.9. The first kappa shape index (κ1) is 12.3. The molecule has 0 radical (unpaired) electrons. The first-order valence-electron chi connectivity index (χ1n) is 5.50. The Balaban J connectivity index is 2.16. The molecule has 0 unspecified atom stereocenters. The summed E-state index contributed by atoms with van der Waals surface area (Å²) in [6.45, 7) is 2.07. The van der Waals surface area contributed by atoms with E-state index in [9.17, 15) is 9.90 Å². The van der Waals surface area contributed by atoms with Gasteiger partial charge in [-0.05, 0) is 26.2 Å². The maximum absolute atomic E-state index is 10.9. The van der Waals surface area contributed by atoms with Gasteiger partial charge in [-0.1, -0.05) is 11.6 Å². The number of anilines is 1. The number of carbonyl (C=O) groups excluding carboxylic acids is 1. The highest BCUT2D eigenvalue weighted by molar-refractivity contribution is 6.32. The Labute approximate surface area is 104 Å². The van der Waals surface area contributed by atoms with Gasteiger partial charge in [-0.25, -0.2) is 9.97 Å². The smallest absolute Gasteiger partial charge is 0.156 e. The molecule has 2 N–H and O–H groups in total. The summed E-state index contributed by atoms with van der Waals surface area (Å²) in [5.41, 5.74) is -0.439. The molecule has 0 bridgehead atoms. The van der Waals surface area contributed by atoms with Gasteiger partial charge in [-0.15, -0.1) is 0 Å². The Morgan fingerprint density at radius 2 is 2.24 bits per heavy atom. The minimum atomic E-state index is -0.675. The number of aliphatic hydroxyl groups is 1. The second kappa shape index (κ2) is 4.58. The van der Waals surface area contributed by atoms with Gasteiger partial charge < -0.3 is 10.4 Å². The van der Waals surface area contributed by atoms with Crippen molar-refractivity contribution in [1.82, 2.24) is 9.97 Å². The molecule has 1 aromatic heterocycles. The van der Waals surface area contributed by atoms with E-state index in [1.54, 1.807) is 6.92 Å². The van der Waals surface area contributed by atoms with Gasteiger partial charge in [-0.3, -0.25) is 4.79 Å². The van der Waals surface area contributed by atoms with Gasteiger partial charge >= 0.3 is 0 Å². The molecule has 6 heteroatoms. The number of hydrogen-bond donors (Lipinski definition) is 2. The Bertz CT molecular complexity index is 447. The number of carbonyl (C=O) groups is 1. The van der Waals surface area contributed by atoms with Gasteiger partial charge in [0, 0.05) is 6.54 Å². The van der Waals surface area contributed by atoms with E-state index < -0.39 is 5.60 Å². The lowest BCUT2D eigenvalue weighted by Gasteiger charge is -2.36. The minimum Gasteiger partial charge on any atom is -0.388 e. The van der Waals surface area contributed by atoms with Crippen LogP contribution in [0.2, 0.25) is 5.15 Å². The number of aromatic nitrogens is 2. The zero-order valence-electron chi connectivity index (χ0n) is 9.53. The molecule has 1 aliphatic rings. The summed E-state index contributed by atoms with van der Waals surface area (Å²) in [7, 11) is 0.